The fraction of sp³-hybridized carbons (Fsp3) is 0.636. The maximum atomic E-state index is 11.4. The molecule has 30 heavy (non-hydrogen) atoms. The van der Waals surface area contributed by atoms with E-state index in [1.165, 1.54) is 11.1 Å². The van der Waals surface area contributed by atoms with E-state index in [2.05, 4.69) is 51.3 Å². The van der Waals surface area contributed by atoms with Gasteiger partial charge in [-0.1, -0.05) is 24.3 Å². The molecule has 0 bridgehead atoms. The van der Waals surface area contributed by atoms with Gasteiger partial charge in [-0.15, -0.1) is 24.0 Å². The number of primary amides is 1. The molecule has 0 spiro atoms. The molecule has 2 heterocycles. The van der Waals surface area contributed by atoms with Crippen molar-refractivity contribution in [3.05, 3.63) is 35.4 Å². The van der Waals surface area contributed by atoms with Crippen LogP contribution in [0.2, 0.25) is 0 Å². The van der Waals surface area contributed by atoms with E-state index < -0.39 is 0 Å². The van der Waals surface area contributed by atoms with Gasteiger partial charge in [-0.3, -0.25) is 9.79 Å². The molecule has 1 amide bonds. The maximum Gasteiger partial charge on any atom is 0.221 e. The van der Waals surface area contributed by atoms with Crippen molar-refractivity contribution in [1.82, 2.24) is 15.1 Å². The third-order valence-electron chi connectivity index (χ3n) is 5.96. The van der Waals surface area contributed by atoms with Crippen molar-refractivity contribution in [3.8, 4) is 0 Å². The van der Waals surface area contributed by atoms with Gasteiger partial charge in [0.15, 0.2) is 5.96 Å². The number of guanidine groups is 1. The molecule has 0 saturated carbocycles. The van der Waals surface area contributed by atoms with Crippen molar-refractivity contribution >= 4 is 35.8 Å². The number of amides is 1. The van der Waals surface area contributed by atoms with Crippen molar-refractivity contribution < 1.29 is 9.53 Å². The van der Waals surface area contributed by atoms with Gasteiger partial charge in [0.2, 0.25) is 5.91 Å². The second kappa shape index (κ2) is 12.5. The Morgan fingerprint density at radius 2 is 2.10 bits per heavy atom. The van der Waals surface area contributed by atoms with E-state index >= 15 is 0 Å². The third kappa shape index (κ3) is 6.81. The average Bonchev–Trinajstić information content (AvgIpc) is 2.74. The number of hydrogen-bond acceptors (Lipinski definition) is 4. The van der Waals surface area contributed by atoms with Gasteiger partial charge < -0.3 is 25.6 Å². The number of carbonyl (C=O) groups is 1. The molecule has 1 aromatic rings. The topological polar surface area (TPSA) is 83.2 Å². The summed E-state index contributed by atoms with van der Waals surface area (Å²) < 4.78 is 6.04. The van der Waals surface area contributed by atoms with Crippen LogP contribution in [0.15, 0.2) is 29.3 Å². The number of morpholine rings is 1. The van der Waals surface area contributed by atoms with Crippen LogP contribution in [-0.4, -0.2) is 74.6 Å². The van der Waals surface area contributed by atoms with E-state index in [4.69, 9.17) is 10.5 Å². The van der Waals surface area contributed by atoms with Gasteiger partial charge in [0.1, 0.15) is 6.10 Å². The number of likely N-dealkylation sites (tertiary alicyclic amines) is 1. The number of aryl methyl sites for hydroxylation is 1. The van der Waals surface area contributed by atoms with Crippen LogP contribution in [0.5, 0.6) is 0 Å². The summed E-state index contributed by atoms with van der Waals surface area (Å²) in [6.45, 7) is 8.16. The normalized spacial score (nSPS) is 23.0. The fourth-order valence-electron chi connectivity index (χ4n) is 4.30. The second-order valence-corrected chi connectivity index (χ2v) is 8.03. The number of halogens is 1. The van der Waals surface area contributed by atoms with E-state index in [1.54, 1.807) is 0 Å². The number of aliphatic imine (C=N–C) groups is 1. The Kier molecular flexibility index (Phi) is 10.3. The third-order valence-corrected chi connectivity index (χ3v) is 5.96. The van der Waals surface area contributed by atoms with Gasteiger partial charge >= 0.3 is 0 Å². The minimum atomic E-state index is -0.163. The van der Waals surface area contributed by atoms with E-state index in [0.717, 1.165) is 64.5 Å². The fourth-order valence-corrected chi connectivity index (χ4v) is 4.30. The number of rotatable bonds is 6. The first-order valence-corrected chi connectivity index (χ1v) is 10.7. The van der Waals surface area contributed by atoms with Crippen molar-refractivity contribution in [2.75, 3.05) is 52.9 Å². The molecule has 3 rings (SSSR count). The van der Waals surface area contributed by atoms with Gasteiger partial charge in [-0.05, 0) is 50.4 Å². The summed E-state index contributed by atoms with van der Waals surface area (Å²) >= 11 is 0. The molecule has 0 aliphatic carbocycles. The summed E-state index contributed by atoms with van der Waals surface area (Å²) in [6.07, 6.45) is 3.06. The van der Waals surface area contributed by atoms with Crippen LogP contribution in [0.1, 0.15) is 36.5 Å². The molecule has 2 fully saturated rings. The molecule has 2 saturated heterocycles. The maximum absolute atomic E-state index is 11.4. The highest BCUT2D eigenvalue weighted by molar-refractivity contribution is 14.0. The number of nitrogens with zero attached hydrogens (tertiary/aromatic N) is 3. The van der Waals surface area contributed by atoms with Gasteiger partial charge in [-0.2, -0.15) is 0 Å². The molecule has 2 aliphatic heterocycles. The first kappa shape index (κ1) is 24.9. The predicted molar refractivity (Wildman–Crippen MR) is 131 cm³/mol. The average molecular weight is 529 g/mol. The Morgan fingerprint density at radius 1 is 1.30 bits per heavy atom. The molecule has 168 valence electrons. The molecule has 0 aromatic heterocycles. The highest BCUT2D eigenvalue weighted by Crippen LogP contribution is 2.25. The lowest BCUT2D eigenvalue weighted by Gasteiger charge is -2.36. The van der Waals surface area contributed by atoms with Crippen molar-refractivity contribution in [1.29, 1.82) is 0 Å². The smallest absolute Gasteiger partial charge is 0.221 e. The quantitative estimate of drug-likeness (QED) is 0.256. The molecule has 2 aliphatic rings. The molecular formula is C22H36IN5O2. The number of nitrogens with two attached hydrogens (primary N) is 1. The molecule has 8 heteroatoms. The highest BCUT2D eigenvalue weighted by Gasteiger charge is 2.26. The highest BCUT2D eigenvalue weighted by atomic mass is 127. The largest absolute Gasteiger partial charge is 0.370 e. The molecule has 1 aromatic carbocycles. The van der Waals surface area contributed by atoms with Crippen LogP contribution in [0.3, 0.4) is 0 Å². The van der Waals surface area contributed by atoms with E-state index in [0.29, 0.717) is 6.61 Å². The summed E-state index contributed by atoms with van der Waals surface area (Å²) in [5.74, 6) is 0.778. The summed E-state index contributed by atoms with van der Waals surface area (Å²) in [4.78, 5) is 20.6. The molecule has 2 unspecified atom stereocenters. The second-order valence-electron chi connectivity index (χ2n) is 8.03. The van der Waals surface area contributed by atoms with Gasteiger partial charge in [0.25, 0.3) is 0 Å². The van der Waals surface area contributed by atoms with Crippen molar-refractivity contribution in [3.63, 3.8) is 0 Å². The summed E-state index contributed by atoms with van der Waals surface area (Å²) in [5, 5.41) is 3.50. The minimum absolute atomic E-state index is 0. The lowest BCUT2D eigenvalue weighted by Crippen LogP contribution is -2.48. The van der Waals surface area contributed by atoms with Gasteiger partial charge in [0, 0.05) is 26.7 Å². The van der Waals surface area contributed by atoms with Gasteiger partial charge in [-0.25, -0.2) is 0 Å². The zero-order valence-electron chi connectivity index (χ0n) is 18.2. The van der Waals surface area contributed by atoms with Crippen LogP contribution in [0, 0.1) is 12.8 Å². The lowest BCUT2D eigenvalue weighted by molar-refractivity contribution is -0.123. The van der Waals surface area contributed by atoms with Crippen molar-refractivity contribution in [2.45, 2.75) is 32.3 Å². The molecule has 7 nitrogen and oxygen atoms in total. The first-order valence-electron chi connectivity index (χ1n) is 10.7. The van der Waals surface area contributed by atoms with Crippen LogP contribution in [0.4, 0.5) is 0 Å². The SMILES string of the molecule is CN=C(NCCCN1CCCC(C(N)=O)C1)N1CCOC(c2ccccc2C)C1.I. The van der Waals surface area contributed by atoms with Gasteiger partial charge in [0.05, 0.1) is 19.1 Å². The Balaban J connectivity index is 0.00000320. The van der Waals surface area contributed by atoms with Crippen LogP contribution in [-0.2, 0) is 9.53 Å². The number of ether oxygens (including phenoxy) is 1. The molecule has 2 atom stereocenters. The Morgan fingerprint density at radius 3 is 2.83 bits per heavy atom. The zero-order chi connectivity index (χ0) is 20.6. The predicted octanol–water partition coefficient (Wildman–Crippen LogP) is 2.15. The standard InChI is InChI=1S/C22H35N5O2.HI/c1-17-7-3-4-9-19(17)20-16-27(13-14-29-20)22(24-2)25-10-6-12-26-11-5-8-18(15-26)21(23)28;/h3-4,7,9,18,20H,5-6,8,10-16H2,1-2H3,(H2,23,28)(H,24,25);1H. The summed E-state index contributed by atoms with van der Waals surface area (Å²) in [5.41, 5.74) is 7.99. The number of nitrogens with one attached hydrogen (secondary N) is 1. The van der Waals surface area contributed by atoms with Crippen LogP contribution < -0.4 is 11.1 Å². The molecule has 0 radical (unpaired) electrons. The summed E-state index contributed by atoms with van der Waals surface area (Å²) in [7, 11) is 1.84. The minimum Gasteiger partial charge on any atom is -0.370 e. The number of hydrogen-bond donors (Lipinski definition) is 2. The zero-order valence-corrected chi connectivity index (χ0v) is 20.5. The molecule has 3 N–H and O–H groups in total. The monoisotopic (exact) mass is 529 g/mol. The number of benzene rings is 1. The van der Waals surface area contributed by atoms with E-state index in [9.17, 15) is 4.79 Å². The van der Waals surface area contributed by atoms with Crippen LogP contribution in [0.25, 0.3) is 0 Å². The Labute approximate surface area is 197 Å². The molecular weight excluding hydrogens is 493 g/mol. The summed E-state index contributed by atoms with van der Waals surface area (Å²) in [6, 6.07) is 8.42. The lowest BCUT2D eigenvalue weighted by atomic mass is 9.97. The Hall–Kier alpha value is -1.39. The van der Waals surface area contributed by atoms with Crippen LogP contribution >= 0.6 is 24.0 Å². The first-order chi connectivity index (χ1) is 14.1. The van der Waals surface area contributed by atoms with Crippen molar-refractivity contribution in [2.24, 2.45) is 16.6 Å². The van der Waals surface area contributed by atoms with E-state index in [-0.39, 0.29) is 41.9 Å². The number of piperidine rings is 1. The number of carbonyl (C=O) groups excluding carboxylic acids is 1. The Bertz CT molecular complexity index is 715. The van der Waals surface area contributed by atoms with E-state index in [1.807, 2.05) is 7.05 Å².